The number of hydrogen-bond donors (Lipinski definition) is 4. The van der Waals surface area contributed by atoms with E-state index in [-0.39, 0.29) is 49.8 Å². The van der Waals surface area contributed by atoms with Crippen molar-refractivity contribution < 1.29 is 47.2 Å². The molecule has 3 amide bonds. The van der Waals surface area contributed by atoms with E-state index in [2.05, 4.69) is 10.6 Å². The van der Waals surface area contributed by atoms with Crippen molar-refractivity contribution in [2.24, 2.45) is 11.3 Å². The van der Waals surface area contributed by atoms with Gasteiger partial charge in [-0.3, -0.25) is 4.90 Å². The van der Waals surface area contributed by atoms with E-state index in [0.717, 1.165) is 11.1 Å². The predicted octanol–water partition coefficient (Wildman–Crippen LogP) is 4.43. The minimum absolute atomic E-state index is 0.00273. The molecule has 3 heterocycles. The summed E-state index contributed by atoms with van der Waals surface area (Å²) in [5.41, 5.74) is 1.14. The summed E-state index contributed by atoms with van der Waals surface area (Å²) in [6.07, 6.45) is -1.36. The van der Waals surface area contributed by atoms with Gasteiger partial charge in [0.15, 0.2) is 17.8 Å². The molecule has 0 aliphatic carbocycles. The summed E-state index contributed by atoms with van der Waals surface area (Å²) < 4.78 is 52.7. The molecule has 292 valence electrons. The molecule has 2 fully saturated rings. The highest BCUT2D eigenvalue weighted by atomic mass is 32.2. The van der Waals surface area contributed by atoms with Crippen LogP contribution in [0.5, 0.6) is 11.5 Å². The number of benzene rings is 3. The van der Waals surface area contributed by atoms with Crippen LogP contribution in [-0.2, 0) is 32.5 Å². The second-order valence-corrected chi connectivity index (χ2v) is 16.7. The van der Waals surface area contributed by atoms with Gasteiger partial charge in [0.05, 0.1) is 36.3 Å². The first-order valence-electron chi connectivity index (χ1n) is 18.3. The van der Waals surface area contributed by atoms with Gasteiger partial charge in [0, 0.05) is 38.2 Å². The van der Waals surface area contributed by atoms with Gasteiger partial charge in [-0.05, 0) is 54.4 Å². The van der Waals surface area contributed by atoms with E-state index in [4.69, 9.17) is 18.9 Å². The number of hydrogen-bond acceptors (Lipinski definition) is 9. The predicted molar refractivity (Wildman–Crippen MR) is 198 cm³/mol. The number of nitrogens with one attached hydrogen (secondary N) is 2. The van der Waals surface area contributed by atoms with Crippen molar-refractivity contribution in [2.75, 3.05) is 39.6 Å². The van der Waals surface area contributed by atoms with Crippen molar-refractivity contribution in [1.29, 1.82) is 0 Å². The second-order valence-electron chi connectivity index (χ2n) is 14.8. The van der Waals surface area contributed by atoms with Crippen LogP contribution in [0, 0.1) is 11.3 Å². The first-order valence-corrected chi connectivity index (χ1v) is 19.8. The molecule has 6 rings (SSSR count). The Morgan fingerprint density at radius 1 is 0.944 bits per heavy atom. The Morgan fingerprint density at radius 2 is 1.65 bits per heavy atom. The minimum Gasteiger partial charge on any atom is -0.465 e. The Labute approximate surface area is 316 Å². The zero-order valence-electron chi connectivity index (χ0n) is 30.6. The van der Waals surface area contributed by atoms with Crippen LogP contribution >= 0.6 is 0 Å². The topological polar surface area (TPSA) is 176 Å². The SMILES string of the molecule is CC(C)(CCCNC(=O)NCc1ccccc1)CN(C[C@@H](O)[C@H](Cc1ccccc1)N(C(=O)O)[C@H]1CO[C@H]2OCC[C@H]21)S(=O)(=O)c1ccc2c(c1)OCO2. The van der Waals surface area contributed by atoms with Crippen molar-refractivity contribution >= 4 is 22.1 Å². The van der Waals surface area contributed by atoms with Gasteiger partial charge in [-0.25, -0.2) is 18.0 Å². The third kappa shape index (κ3) is 9.63. The zero-order valence-corrected chi connectivity index (χ0v) is 31.5. The molecule has 5 atom stereocenters. The molecule has 3 aromatic carbocycles. The molecule has 0 saturated carbocycles. The number of aliphatic hydroxyl groups is 1. The molecule has 3 aliphatic heterocycles. The summed E-state index contributed by atoms with van der Waals surface area (Å²) >= 11 is 0. The summed E-state index contributed by atoms with van der Waals surface area (Å²) in [5, 5.41) is 28.5. The Bertz CT molecular complexity index is 1830. The van der Waals surface area contributed by atoms with E-state index >= 15 is 0 Å². The van der Waals surface area contributed by atoms with E-state index < -0.39 is 46.0 Å². The smallest absolute Gasteiger partial charge is 0.407 e. The van der Waals surface area contributed by atoms with Crippen LogP contribution in [0.2, 0.25) is 0 Å². The summed E-state index contributed by atoms with van der Waals surface area (Å²) in [7, 11) is -4.27. The molecule has 15 heteroatoms. The lowest BCUT2D eigenvalue weighted by molar-refractivity contribution is -0.0906. The lowest BCUT2D eigenvalue weighted by atomic mass is 9.87. The van der Waals surface area contributed by atoms with E-state index in [1.807, 2.05) is 74.5 Å². The molecule has 0 bridgehead atoms. The van der Waals surface area contributed by atoms with Gasteiger partial charge in [-0.1, -0.05) is 74.5 Å². The Morgan fingerprint density at radius 3 is 2.37 bits per heavy atom. The third-order valence-electron chi connectivity index (χ3n) is 10.3. The van der Waals surface area contributed by atoms with Gasteiger partial charge < -0.3 is 39.8 Å². The summed E-state index contributed by atoms with van der Waals surface area (Å²) in [6, 6.07) is 21.3. The van der Waals surface area contributed by atoms with Gasteiger partial charge in [0.25, 0.3) is 0 Å². The number of carbonyl (C=O) groups is 2. The molecule has 14 nitrogen and oxygen atoms in total. The fraction of sp³-hybridized carbons (Fsp3) is 0.487. The number of fused-ring (bicyclic) bond motifs is 2. The van der Waals surface area contributed by atoms with Gasteiger partial charge in [-0.15, -0.1) is 0 Å². The number of rotatable bonds is 17. The lowest BCUT2D eigenvalue weighted by Crippen LogP contribution is -2.58. The van der Waals surface area contributed by atoms with Crippen molar-refractivity contribution in [3.05, 3.63) is 90.0 Å². The van der Waals surface area contributed by atoms with Crippen LogP contribution in [0.4, 0.5) is 9.59 Å². The molecule has 54 heavy (non-hydrogen) atoms. The fourth-order valence-electron chi connectivity index (χ4n) is 7.46. The first-order chi connectivity index (χ1) is 25.9. The van der Waals surface area contributed by atoms with Gasteiger partial charge in [-0.2, -0.15) is 4.31 Å². The van der Waals surface area contributed by atoms with Gasteiger partial charge in [0.2, 0.25) is 16.8 Å². The maximum absolute atomic E-state index is 14.5. The van der Waals surface area contributed by atoms with Crippen molar-refractivity contribution in [1.82, 2.24) is 19.8 Å². The first kappa shape index (κ1) is 39.3. The molecular formula is C39H50N4O10S. The van der Waals surface area contributed by atoms with E-state index in [9.17, 15) is 28.2 Å². The highest BCUT2D eigenvalue weighted by Gasteiger charge is 2.49. The number of amides is 3. The molecule has 3 aliphatic rings. The molecule has 3 aromatic rings. The van der Waals surface area contributed by atoms with Crippen molar-refractivity contribution in [3.63, 3.8) is 0 Å². The highest BCUT2D eigenvalue weighted by Crippen LogP contribution is 2.38. The highest BCUT2D eigenvalue weighted by molar-refractivity contribution is 7.89. The summed E-state index contributed by atoms with van der Waals surface area (Å²) in [6.45, 7) is 4.73. The van der Waals surface area contributed by atoms with Crippen molar-refractivity contribution in [2.45, 2.75) is 75.4 Å². The average molecular weight is 767 g/mol. The Balaban J connectivity index is 1.21. The molecule has 4 N–H and O–H groups in total. The van der Waals surface area contributed by atoms with Crippen LogP contribution in [0.25, 0.3) is 0 Å². The normalized spacial score (nSPS) is 20.3. The van der Waals surface area contributed by atoms with Crippen LogP contribution in [0.3, 0.4) is 0 Å². The third-order valence-corrected chi connectivity index (χ3v) is 12.1. The monoisotopic (exact) mass is 766 g/mol. The Kier molecular flexibility index (Phi) is 12.6. The minimum atomic E-state index is -4.27. The van der Waals surface area contributed by atoms with E-state index in [1.54, 1.807) is 0 Å². The number of ether oxygens (including phenoxy) is 4. The largest absolute Gasteiger partial charge is 0.465 e. The maximum Gasteiger partial charge on any atom is 0.407 e. The molecule has 0 radical (unpaired) electrons. The molecule has 2 saturated heterocycles. The molecular weight excluding hydrogens is 717 g/mol. The molecule has 0 spiro atoms. The molecule has 0 aromatic heterocycles. The number of aliphatic hydroxyl groups excluding tert-OH is 1. The maximum atomic E-state index is 14.5. The number of urea groups is 1. The van der Waals surface area contributed by atoms with Crippen LogP contribution < -0.4 is 20.1 Å². The van der Waals surface area contributed by atoms with Crippen molar-refractivity contribution in [3.8, 4) is 11.5 Å². The van der Waals surface area contributed by atoms with Gasteiger partial charge in [0.1, 0.15) is 0 Å². The van der Waals surface area contributed by atoms with Gasteiger partial charge >= 0.3 is 12.1 Å². The number of sulfonamides is 1. The second kappa shape index (κ2) is 17.4. The standard InChI is InChI=1S/C39H50N4O10S/c1-39(2,17-9-18-40-37(45)41-22-28-12-7-4-8-13-28)25-42(54(48,49)29-14-15-34-35(21-29)53-26-52-34)23-33(44)31(20-27-10-5-3-6-11-27)43(38(46)47)32-24-51-36-30(32)16-19-50-36/h3-8,10-15,21,30-33,36,44H,9,16-20,22-26H2,1-2H3,(H,46,47)(H2,40,41,45)/t30-,31-,32-,33+,36+/m0/s1. The van der Waals surface area contributed by atoms with Crippen LogP contribution in [-0.4, -0.2) is 104 Å². The zero-order chi connectivity index (χ0) is 38.3. The molecule has 0 unspecified atom stereocenters. The summed E-state index contributed by atoms with van der Waals surface area (Å²) in [5.74, 6) is 0.503. The number of carboxylic acid groups (broad SMARTS) is 1. The van der Waals surface area contributed by atoms with E-state index in [1.165, 1.54) is 27.4 Å². The quantitative estimate of drug-likeness (QED) is 0.144. The fourth-order valence-corrected chi connectivity index (χ4v) is 9.13. The Hall–Kier alpha value is -4.41. The van der Waals surface area contributed by atoms with Crippen LogP contribution in [0.1, 0.15) is 44.2 Å². The number of carbonyl (C=O) groups excluding carboxylic acids is 1. The number of nitrogens with zero attached hydrogens (tertiary/aromatic N) is 2. The van der Waals surface area contributed by atoms with Crippen LogP contribution in [0.15, 0.2) is 83.8 Å². The lowest BCUT2D eigenvalue weighted by Gasteiger charge is -2.40. The van der Waals surface area contributed by atoms with E-state index in [0.29, 0.717) is 50.5 Å². The average Bonchev–Trinajstić information content (AvgIpc) is 3.91. The summed E-state index contributed by atoms with van der Waals surface area (Å²) in [4.78, 5) is 26.7.